The lowest BCUT2D eigenvalue weighted by Crippen LogP contribution is -2.35. The van der Waals surface area contributed by atoms with Crippen molar-refractivity contribution in [1.82, 2.24) is 5.43 Å². The van der Waals surface area contributed by atoms with Crippen LogP contribution in [0.4, 0.5) is 5.69 Å². The maximum absolute atomic E-state index is 12.1. The van der Waals surface area contributed by atoms with E-state index in [4.69, 9.17) is 5.11 Å². The highest BCUT2D eigenvalue weighted by Crippen LogP contribution is 2.43. The van der Waals surface area contributed by atoms with Gasteiger partial charge in [-0.2, -0.15) is 0 Å². The number of anilines is 1. The molecule has 2 rings (SSSR count). The molecule has 1 aliphatic carbocycles. The first-order valence-corrected chi connectivity index (χ1v) is 7.32. The topological polar surface area (TPSA) is 78.4 Å². The number of rotatable bonds is 6. The molecule has 114 valence electrons. The lowest BCUT2D eigenvalue weighted by atomic mass is 9.79. The van der Waals surface area contributed by atoms with Gasteiger partial charge in [0.2, 0.25) is 5.91 Å². The number of nitrogens with one attached hydrogen (secondary N) is 2. The summed E-state index contributed by atoms with van der Waals surface area (Å²) in [5, 5.41) is 9.04. The highest BCUT2D eigenvalue weighted by atomic mass is 16.4. The Balaban J connectivity index is 1.87. The maximum Gasteiger partial charge on any atom is 0.303 e. The summed E-state index contributed by atoms with van der Waals surface area (Å²) in [5.74, 6) is -0.977. The lowest BCUT2D eigenvalue weighted by molar-refractivity contribution is -0.140. The van der Waals surface area contributed by atoms with Crippen LogP contribution in [-0.4, -0.2) is 17.0 Å². The first kappa shape index (κ1) is 15.4. The molecule has 0 saturated heterocycles. The summed E-state index contributed by atoms with van der Waals surface area (Å²) < 4.78 is 0. The van der Waals surface area contributed by atoms with E-state index >= 15 is 0 Å². The Morgan fingerprint density at radius 2 is 1.76 bits per heavy atom. The minimum atomic E-state index is -0.823. The second kappa shape index (κ2) is 6.61. The van der Waals surface area contributed by atoms with Crippen LogP contribution in [0.3, 0.4) is 0 Å². The third kappa shape index (κ3) is 4.48. The van der Waals surface area contributed by atoms with Gasteiger partial charge in [-0.1, -0.05) is 30.5 Å². The molecule has 0 aromatic heterocycles. The molecule has 0 unspecified atom stereocenters. The van der Waals surface area contributed by atoms with E-state index in [1.54, 1.807) is 0 Å². The van der Waals surface area contributed by atoms with Crippen molar-refractivity contribution in [1.29, 1.82) is 0 Å². The van der Waals surface area contributed by atoms with Gasteiger partial charge >= 0.3 is 5.97 Å². The standard InChI is InChI=1S/C16H22N2O3/c1-12-4-6-13(7-5-12)17-18-14(19)10-16(11-15(20)21)8-2-3-9-16/h4-7,17H,2-3,8-11H2,1H3,(H,18,19)(H,20,21). The molecule has 1 amide bonds. The average molecular weight is 290 g/mol. The van der Waals surface area contributed by atoms with E-state index in [9.17, 15) is 9.59 Å². The highest BCUT2D eigenvalue weighted by molar-refractivity contribution is 5.79. The smallest absolute Gasteiger partial charge is 0.303 e. The van der Waals surface area contributed by atoms with Gasteiger partial charge in [0.05, 0.1) is 12.1 Å². The molecule has 1 aromatic rings. The zero-order valence-corrected chi connectivity index (χ0v) is 12.3. The van der Waals surface area contributed by atoms with Gasteiger partial charge in [-0.15, -0.1) is 0 Å². The van der Waals surface area contributed by atoms with Gasteiger partial charge in [0, 0.05) is 6.42 Å². The molecule has 5 heteroatoms. The molecule has 21 heavy (non-hydrogen) atoms. The fraction of sp³-hybridized carbons (Fsp3) is 0.500. The number of carbonyl (C=O) groups is 2. The number of carboxylic acid groups (broad SMARTS) is 1. The summed E-state index contributed by atoms with van der Waals surface area (Å²) in [6.45, 7) is 2.00. The SMILES string of the molecule is Cc1ccc(NNC(=O)CC2(CC(=O)O)CCCC2)cc1. The Hall–Kier alpha value is -2.04. The molecule has 0 atom stereocenters. The predicted octanol–water partition coefficient (Wildman–Crippen LogP) is 2.86. The summed E-state index contributed by atoms with van der Waals surface area (Å²) >= 11 is 0. The van der Waals surface area contributed by atoms with Crippen LogP contribution in [0.25, 0.3) is 0 Å². The first-order chi connectivity index (χ1) is 9.99. The Bertz CT molecular complexity index is 505. The molecule has 1 aliphatic rings. The summed E-state index contributed by atoms with van der Waals surface area (Å²) in [6.07, 6.45) is 3.98. The largest absolute Gasteiger partial charge is 0.481 e. The van der Waals surface area contributed by atoms with E-state index in [1.165, 1.54) is 0 Å². The molecule has 1 saturated carbocycles. The summed E-state index contributed by atoms with van der Waals surface area (Å²) in [6, 6.07) is 7.69. The summed E-state index contributed by atoms with van der Waals surface area (Å²) in [5.41, 5.74) is 7.12. The van der Waals surface area contributed by atoms with Crippen LogP contribution in [-0.2, 0) is 9.59 Å². The van der Waals surface area contributed by atoms with Crippen LogP contribution in [0, 0.1) is 12.3 Å². The fourth-order valence-electron chi connectivity index (χ4n) is 3.03. The van der Waals surface area contributed by atoms with Gasteiger partial charge < -0.3 is 5.11 Å². The molecular formula is C16H22N2O3. The number of benzene rings is 1. The van der Waals surface area contributed by atoms with Crippen LogP contribution < -0.4 is 10.9 Å². The van der Waals surface area contributed by atoms with Gasteiger partial charge in [-0.25, -0.2) is 0 Å². The average Bonchev–Trinajstić information content (AvgIpc) is 2.85. The second-order valence-corrected chi connectivity index (χ2v) is 5.99. The molecule has 0 spiro atoms. The number of aryl methyl sites for hydroxylation is 1. The zero-order valence-electron chi connectivity index (χ0n) is 12.3. The molecule has 1 fully saturated rings. The lowest BCUT2D eigenvalue weighted by Gasteiger charge is -2.26. The van der Waals surface area contributed by atoms with Crippen molar-refractivity contribution < 1.29 is 14.7 Å². The number of aliphatic carboxylic acids is 1. The highest BCUT2D eigenvalue weighted by Gasteiger charge is 2.37. The van der Waals surface area contributed by atoms with Gasteiger partial charge in [0.25, 0.3) is 0 Å². The molecule has 0 radical (unpaired) electrons. The number of carboxylic acids is 1. The molecule has 1 aromatic carbocycles. The first-order valence-electron chi connectivity index (χ1n) is 7.32. The van der Waals surface area contributed by atoms with E-state index in [2.05, 4.69) is 10.9 Å². The quantitative estimate of drug-likeness (QED) is 0.704. The van der Waals surface area contributed by atoms with E-state index in [0.29, 0.717) is 0 Å². The van der Waals surface area contributed by atoms with Crippen LogP contribution in [0.15, 0.2) is 24.3 Å². The number of carbonyl (C=O) groups excluding carboxylic acids is 1. The number of hydrogen-bond donors (Lipinski definition) is 3. The third-order valence-electron chi connectivity index (χ3n) is 4.12. The molecule has 0 heterocycles. The van der Waals surface area contributed by atoms with Crippen LogP contribution in [0.2, 0.25) is 0 Å². The zero-order chi connectivity index (χ0) is 15.3. The van der Waals surface area contributed by atoms with Crippen molar-refractivity contribution in [2.75, 3.05) is 5.43 Å². The minimum absolute atomic E-state index is 0.0744. The van der Waals surface area contributed by atoms with Crippen molar-refractivity contribution in [2.45, 2.75) is 45.4 Å². The Morgan fingerprint density at radius 1 is 1.14 bits per heavy atom. The molecule has 0 bridgehead atoms. The van der Waals surface area contributed by atoms with Crippen LogP contribution in [0.1, 0.15) is 44.1 Å². The van der Waals surface area contributed by atoms with Gasteiger partial charge in [0.15, 0.2) is 0 Å². The summed E-state index contributed by atoms with van der Waals surface area (Å²) in [7, 11) is 0. The van der Waals surface area contributed by atoms with Crippen LogP contribution >= 0.6 is 0 Å². The Labute approximate surface area is 124 Å². The Morgan fingerprint density at radius 3 is 2.33 bits per heavy atom. The van der Waals surface area contributed by atoms with E-state index in [1.807, 2.05) is 31.2 Å². The normalized spacial score (nSPS) is 16.4. The number of hydrazine groups is 1. The van der Waals surface area contributed by atoms with Crippen molar-refractivity contribution in [3.05, 3.63) is 29.8 Å². The van der Waals surface area contributed by atoms with Crippen molar-refractivity contribution in [2.24, 2.45) is 5.41 Å². The molecule has 0 aliphatic heterocycles. The van der Waals surface area contributed by atoms with E-state index in [-0.39, 0.29) is 24.2 Å². The van der Waals surface area contributed by atoms with Gasteiger partial charge in [-0.3, -0.25) is 20.4 Å². The van der Waals surface area contributed by atoms with Crippen molar-refractivity contribution in [3.8, 4) is 0 Å². The minimum Gasteiger partial charge on any atom is -0.481 e. The van der Waals surface area contributed by atoms with E-state index < -0.39 is 5.97 Å². The monoisotopic (exact) mass is 290 g/mol. The molecular weight excluding hydrogens is 268 g/mol. The number of amides is 1. The van der Waals surface area contributed by atoms with Gasteiger partial charge in [-0.05, 0) is 37.3 Å². The van der Waals surface area contributed by atoms with Crippen molar-refractivity contribution in [3.63, 3.8) is 0 Å². The fourth-order valence-corrected chi connectivity index (χ4v) is 3.03. The van der Waals surface area contributed by atoms with Gasteiger partial charge in [0.1, 0.15) is 0 Å². The maximum atomic E-state index is 12.1. The van der Waals surface area contributed by atoms with Crippen LogP contribution in [0.5, 0.6) is 0 Å². The second-order valence-electron chi connectivity index (χ2n) is 5.99. The summed E-state index contributed by atoms with van der Waals surface area (Å²) in [4.78, 5) is 23.1. The molecule has 3 N–H and O–H groups in total. The Kier molecular flexibility index (Phi) is 4.83. The van der Waals surface area contributed by atoms with E-state index in [0.717, 1.165) is 36.9 Å². The molecule has 5 nitrogen and oxygen atoms in total. The predicted molar refractivity (Wildman–Crippen MR) is 80.7 cm³/mol. The number of hydrogen-bond acceptors (Lipinski definition) is 3. The van der Waals surface area contributed by atoms with Crippen molar-refractivity contribution >= 4 is 17.6 Å². The third-order valence-corrected chi connectivity index (χ3v) is 4.12.